The van der Waals surface area contributed by atoms with Crippen LogP contribution in [0.15, 0.2) is 0 Å². The van der Waals surface area contributed by atoms with Crippen LogP contribution in [0.25, 0.3) is 0 Å². The summed E-state index contributed by atoms with van der Waals surface area (Å²) >= 11 is 0. The van der Waals surface area contributed by atoms with Crippen molar-refractivity contribution in [3.8, 4) is 0 Å². The maximum absolute atomic E-state index is 5.67. The van der Waals surface area contributed by atoms with E-state index in [1.807, 2.05) is 0 Å². The smallest absolute Gasteiger partial charge is 0.0619 e. The van der Waals surface area contributed by atoms with Crippen molar-refractivity contribution in [2.75, 3.05) is 19.8 Å². The van der Waals surface area contributed by atoms with E-state index in [4.69, 9.17) is 4.74 Å². The van der Waals surface area contributed by atoms with Gasteiger partial charge >= 0.3 is 0 Å². The van der Waals surface area contributed by atoms with Crippen LogP contribution in [0.5, 0.6) is 0 Å². The Morgan fingerprint density at radius 3 is 3.00 bits per heavy atom. The highest BCUT2D eigenvalue weighted by Crippen LogP contribution is 2.08. The van der Waals surface area contributed by atoms with Gasteiger partial charge in [-0.1, -0.05) is 20.3 Å². The summed E-state index contributed by atoms with van der Waals surface area (Å²) in [5.41, 5.74) is 0. The molecule has 0 spiro atoms. The third-order valence-electron chi connectivity index (χ3n) is 2.67. The molecule has 0 amide bonds. The molecule has 0 aromatic heterocycles. The van der Waals surface area contributed by atoms with Crippen molar-refractivity contribution < 1.29 is 4.74 Å². The molecule has 0 aromatic rings. The molecule has 13 heavy (non-hydrogen) atoms. The second kappa shape index (κ2) is 6.39. The van der Waals surface area contributed by atoms with Gasteiger partial charge in [0.25, 0.3) is 0 Å². The normalized spacial score (nSPS) is 24.9. The van der Waals surface area contributed by atoms with Crippen LogP contribution in [0.4, 0.5) is 0 Å². The predicted molar refractivity (Wildman–Crippen MR) is 55.9 cm³/mol. The molecule has 0 aliphatic carbocycles. The highest BCUT2D eigenvalue weighted by atomic mass is 16.5. The minimum atomic E-state index is 0.633. The van der Waals surface area contributed by atoms with Crippen molar-refractivity contribution in [3.05, 3.63) is 0 Å². The summed E-state index contributed by atoms with van der Waals surface area (Å²) in [5.74, 6) is 0.728. The number of rotatable bonds is 6. The van der Waals surface area contributed by atoms with Crippen LogP contribution in [0, 0.1) is 5.92 Å². The molecule has 1 N–H and O–H groups in total. The predicted octanol–water partition coefficient (Wildman–Crippen LogP) is 2.19. The zero-order valence-electron chi connectivity index (χ0n) is 9.01. The lowest BCUT2D eigenvalue weighted by Gasteiger charge is -2.14. The fourth-order valence-corrected chi connectivity index (χ4v) is 1.89. The number of ether oxygens (including phenoxy) is 1. The van der Waals surface area contributed by atoms with Gasteiger partial charge in [0.1, 0.15) is 0 Å². The van der Waals surface area contributed by atoms with Gasteiger partial charge in [0.15, 0.2) is 0 Å². The van der Waals surface area contributed by atoms with Gasteiger partial charge in [-0.25, -0.2) is 0 Å². The third-order valence-corrected chi connectivity index (χ3v) is 2.67. The first-order valence-electron chi connectivity index (χ1n) is 5.64. The molecule has 2 heteroatoms. The summed E-state index contributed by atoms with van der Waals surface area (Å²) in [7, 11) is 0. The Morgan fingerprint density at radius 1 is 1.54 bits per heavy atom. The molecule has 1 unspecified atom stereocenters. The quantitative estimate of drug-likeness (QED) is 0.685. The lowest BCUT2D eigenvalue weighted by atomic mass is 10.1. The van der Waals surface area contributed by atoms with E-state index in [1.165, 1.54) is 32.2 Å². The summed E-state index contributed by atoms with van der Waals surface area (Å²) in [5, 5.41) is 3.44. The van der Waals surface area contributed by atoms with Gasteiger partial charge in [-0.05, 0) is 31.7 Å². The van der Waals surface area contributed by atoms with Crippen molar-refractivity contribution in [2.45, 2.75) is 45.6 Å². The Labute approximate surface area is 82.0 Å². The first-order valence-corrected chi connectivity index (χ1v) is 5.64. The maximum atomic E-state index is 5.67. The van der Waals surface area contributed by atoms with E-state index >= 15 is 0 Å². The fraction of sp³-hybridized carbons (Fsp3) is 1.00. The number of hydrogen-bond acceptors (Lipinski definition) is 2. The van der Waals surface area contributed by atoms with Crippen LogP contribution < -0.4 is 5.32 Å². The Morgan fingerprint density at radius 2 is 2.38 bits per heavy atom. The van der Waals surface area contributed by atoms with Crippen molar-refractivity contribution in [2.24, 2.45) is 5.92 Å². The van der Waals surface area contributed by atoms with Gasteiger partial charge in [0.2, 0.25) is 0 Å². The molecule has 1 fully saturated rings. The molecular weight excluding hydrogens is 162 g/mol. The lowest BCUT2D eigenvalue weighted by molar-refractivity contribution is 0.0872. The van der Waals surface area contributed by atoms with Gasteiger partial charge in [-0.3, -0.25) is 0 Å². The molecule has 0 bridgehead atoms. The monoisotopic (exact) mass is 185 g/mol. The Balaban J connectivity index is 1.93. The summed E-state index contributed by atoms with van der Waals surface area (Å²) in [6.07, 6.45) is 5.17. The maximum Gasteiger partial charge on any atom is 0.0619 e. The highest BCUT2D eigenvalue weighted by Gasteiger charge is 2.13. The van der Waals surface area contributed by atoms with Gasteiger partial charge in [0, 0.05) is 12.6 Å². The van der Waals surface area contributed by atoms with E-state index in [0.717, 1.165) is 19.1 Å². The SMILES string of the molecule is CCCC(C)COC[C@H]1CCCN1. The van der Waals surface area contributed by atoms with E-state index < -0.39 is 0 Å². The molecular formula is C11H23NO. The zero-order chi connectivity index (χ0) is 9.52. The highest BCUT2D eigenvalue weighted by molar-refractivity contribution is 4.73. The largest absolute Gasteiger partial charge is 0.380 e. The topological polar surface area (TPSA) is 21.3 Å². The lowest BCUT2D eigenvalue weighted by Crippen LogP contribution is -2.27. The number of nitrogens with one attached hydrogen (secondary N) is 1. The Hall–Kier alpha value is -0.0800. The summed E-state index contributed by atoms with van der Waals surface area (Å²) in [4.78, 5) is 0. The molecule has 0 saturated carbocycles. The van der Waals surface area contributed by atoms with Crippen LogP contribution in [0.2, 0.25) is 0 Å². The molecule has 2 nitrogen and oxygen atoms in total. The molecule has 1 aliphatic heterocycles. The van der Waals surface area contributed by atoms with Gasteiger partial charge in [0.05, 0.1) is 6.61 Å². The third kappa shape index (κ3) is 4.63. The second-order valence-corrected chi connectivity index (χ2v) is 4.22. The summed E-state index contributed by atoms with van der Waals surface area (Å²) < 4.78 is 5.67. The van der Waals surface area contributed by atoms with E-state index in [-0.39, 0.29) is 0 Å². The fourth-order valence-electron chi connectivity index (χ4n) is 1.89. The van der Waals surface area contributed by atoms with Gasteiger partial charge < -0.3 is 10.1 Å². The van der Waals surface area contributed by atoms with Gasteiger partial charge in [-0.15, -0.1) is 0 Å². The molecule has 0 aromatic carbocycles. The molecule has 1 heterocycles. The van der Waals surface area contributed by atoms with E-state index in [9.17, 15) is 0 Å². The Kier molecular flexibility index (Phi) is 5.40. The second-order valence-electron chi connectivity index (χ2n) is 4.22. The summed E-state index contributed by atoms with van der Waals surface area (Å²) in [6, 6.07) is 0.633. The molecule has 1 saturated heterocycles. The summed E-state index contributed by atoms with van der Waals surface area (Å²) in [6.45, 7) is 7.53. The average Bonchev–Trinajstić information content (AvgIpc) is 2.57. The minimum Gasteiger partial charge on any atom is -0.380 e. The van der Waals surface area contributed by atoms with Crippen molar-refractivity contribution in [1.82, 2.24) is 5.32 Å². The Bertz CT molecular complexity index is 121. The first kappa shape index (κ1) is 11.0. The van der Waals surface area contributed by atoms with Crippen LogP contribution >= 0.6 is 0 Å². The van der Waals surface area contributed by atoms with E-state index in [2.05, 4.69) is 19.2 Å². The van der Waals surface area contributed by atoms with Crippen LogP contribution in [0.1, 0.15) is 39.5 Å². The van der Waals surface area contributed by atoms with Crippen molar-refractivity contribution in [3.63, 3.8) is 0 Å². The van der Waals surface area contributed by atoms with Gasteiger partial charge in [-0.2, -0.15) is 0 Å². The first-order chi connectivity index (χ1) is 6.33. The standard InChI is InChI=1S/C11H23NO/c1-3-5-10(2)8-13-9-11-6-4-7-12-11/h10-12H,3-9H2,1-2H3/t10?,11-/m1/s1. The van der Waals surface area contributed by atoms with E-state index in [0.29, 0.717) is 6.04 Å². The molecule has 1 aliphatic rings. The average molecular weight is 185 g/mol. The van der Waals surface area contributed by atoms with Crippen LogP contribution in [-0.4, -0.2) is 25.8 Å². The molecule has 2 atom stereocenters. The van der Waals surface area contributed by atoms with Crippen molar-refractivity contribution >= 4 is 0 Å². The van der Waals surface area contributed by atoms with E-state index in [1.54, 1.807) is 0 Å². The number of hydrogen-bond donors (Lipinski definition) is 1. The van der Waals surface area contributed by atoms with Crippen LogP contribution in [-0.2, 0) is 4.74 Å². The molecule has 0 radical (unpaired) electrons. The molecule has 1 rings (SSSR count). The van der Waals surface area contributed by atoms with Crippen molar-refractivity contribution in [1.29, 1.82) is 0 Å². The molecule has 78 valence electrons. The van der Waals surface area contributed by atoms with Crippen LogP contribution in [0.3, 0.4) is 0 Å². The zero-order valence-corrected chi connectivity index (χ0v) is 9.01. The minimum absolute atomic E-state index is 0.633.